The number of carbonyl (C=O) groups is 2. The number of carbonyl (C=O) groups excluding carboxylic acids is 2. The molecule has 10 heteroatoms. The number of quaternary nitrogens is 1. The molecule has 0 fully saturated rings. The first kappa shape index (κ1) is 75.5. The molecular formula is C68H125NO8P+. The van der Waals surface area contributed by atoms with Gasteiger partial charge in [0.2, 0.25) is 0 Å². The second-order valence-electron chi connectivity index (χ2n) is 23.1. The van der Waals surface area contributed by atoms with Crippen LogP contribution in [0.1, 0.15) is 296 Å². The lowest BCUT2D eigenvalue weighted by atomic mass is 10.0. The number of ether oxygens (including phenoxy) is 2. The summed E-state index contributed by atoms with van der Waals surface area (Å²) >= 11 is 0. The molecule has 1 N–H and O–H groups in total. The topological polar surface area (TPSA) is 108 Å². The monoisotopic (exact) mass is 1110 g/mol. The fourth-order valence-corrected chi connectivity index (χ4v) is 10.00. The van der Waals surface area contributed by atoms with Gasteiger partial charge in [-0.15, -0.1) is 0 Å². The normalized spacial score (nSPS) is 13.7. The van der Waals surface area contributed by atoms with Crippen molar-refractivity contribution in [2.45, 2.75) is 302 Å². The summed E-state index contributed by atoms with van der Waals surface area (Å²) in [6.45, 7) is 4.36. The van der Waals surface area contributed by atoms with Crippen molar-refractivity contribution in [2.75, 3.05) is 47.5 Å². The SMILES string of the molecule is CC/C=C\C/C=C\C/C=C\C/C=C\C/C=C\C/C=C\CCCCCCCCCCCCCCC(=O)OC(COC(=O)CCCCCCCCCCCCCCCCCCCCCCCCC)COP(=O)(O)OCC[N+](C)(C)C. The summed E-state index contributed by atoms with van der Waals surface area (Å²) in [5.74, 6) is -0.788. The van der Waals surface area contributed by atoms with E-state index in [1.807, 2.05) is 21.1 Å². The first-order valence-corrected chi connectivity index (χ1v) is 34.2. The standard InChI is InChI=1S/C68H124NO8P/c1-6-8-10-12-14-16-18-20-22-24-26-28-30-31-32-33-34-35-36-37-39-41-43-45-47-49-51-53-55-57-59-61-68(71)77-66(65-76-78(72,73)75-63-62-69(3,4)5)64-74-67(70)60-58-56-54-52-50-48-46-44-42-40-38-29-27-25-23-21-19-17-15-13-11-9-7-2/h8,10,14,16,20,22,26,28,31-32,34-35,66H,6-7,9,11-13,15,17-19,21,23-25,27,29-30,33,36-65H2,1-5H3/p+1/b10-8-,16-14-,22-20-,28-26-,32-31-,35-34-. The van der Waals surface area contributed by atoms with Crippen LogP contribution in [0.15, 0.2) is 72.9 Å². The Morgan fingerprint density at radius 3 is 1.09 bits per heavy atom. The molecule has 0 bridgehead atoms. The summed E-state index contributed by atoms with van der Waals surface area (Å²) in [4.78, 5) is 35.8. The van der Waals surface area contributed by atoms with Gasteiger partial charge in [0.15, 0.2) is 6.10 Å². The molecule has 78 heavy (non-hydrogen) atoms. The molecule has 0 aliphatic rings. The first-order valence-electron chi connectivity index (χ1n) is 32.7. The first-order chi connectivity index (χ1) is 38.0. The Morgan fingerprint density at radius 2 is 0.731 bits per heavy atom. The molecule has 0 amide bonds. The summed E-state index contributed by atoms with van der Waals surface area (Å²) in [7, 11) is 1.48. The lowest BCUT2D eigenvalue weighted by Gasteiger charge is -2.24. The van der Waals surface area contributed by atoms with Crippen molar-refractivity contribution < 1.29 is 42.1 Å². The van der Waals surface area contributed by atoms with E-state index in [9.17, 15) is 19.0 Å². The van der Waals surface area contributed by atoms with Crippen molar-refractivity contribution in [2.24, 2.45) is 0 Å². The van der Waals surface area contributed by atoms with Gasteiger partial charge in [-0.25, -0.2) is 4.57 Å². The summed E-state index contributed by atoms with van der Waals surface area (Å²) in [6.07, 6.45) is 78.4. The molecule has 0 aliphatic carbocycles. The van der Waals surface area contributed by atoms with Gasteiger partial charge in [-0.1, -0.05) is 292 Å². The van der Waals surface area contributed by atoms with Crippen LogP contribution in [0.5, 0.6) is 0 Å². The van der Waals surface area contributed by atoms with E-state index in [-0.39, 0.29) is 25.6 Å². The van der Waals surface area contributed by atoms with Gasteiger partial charge in [0.1, 0.15) is 19.8 Å². The molecule has 0 aliphatic heterocycles. The predicted molar refractivity (Wildman–Crippen MR) is 335 cm³/mol. The molecule has 0 saturated heterocycles. The quantitative estimate of drug-likeness (QED) is 0.0211. The molecule has 0 radical (unpaired) electrons. The molecule has 0 aromatic rings. The Labute approximate surface area is 482 Å². The molecule has 0 saturated carbocycles. The number of phosphoric acid groups is 1. The summed E-state index contributed by atoms with van der Waals surface area (Å²) in [6, 6.07) is 0. The van der Waals surface area contributed by atoms with E-state index in [1.165, 1.54) is 186 Å². The Hall–Kier alpha value is -2.55. The smallest absolute Gasteiger partial charge is 0.462 e. The molecule has 2 unspecified atom stereocenters. The largest absolute Gasteiger partial charge is 0.472 e. The number of nitrogens with zero attached hydrogens (tertiary/aromatic N) is 1. The Balaban J connectivity index is 4.09. The number of hydrogen-bond acceptors (Lipinski definition) is 7. The highest BCUT2D eigenvalue weighted by molar-refractivity contribution is 7.47. The van der Waals surface area contributed by atoms with Gasteiger partial charge in [0, 0.05) is 12.8 Å². The van der Waals surface area contributed by atoms with Crippen LogP contribution < -0.4 is 0 Å². The van der Waals surface area contributed by atoms with Gasteiger partial charge < -0.3 is 18.9 Å². The van der Waals surface area contributed by atoms with Crippen LogP contribution in [0.25, 0.3) is 0 Å². The highest BCUT2D eigenvalue weighted by atomic mass is 31.2. The second kappa shape index (κ2) is 59.1. The third kappa shape index (κ3) is 62.6. The zero-order valence-corrected chi connectivity index (χ0v) is 52.5. The van der Waals surface area contributed by atoms with E-state index in [2.05, 4.69) is 86.8 Å². The van der Waals surface area contributed by atoms with Crippen LogP contribution in [-0.2, 0) is 32.7 Å². The average Bonchev–Trinajstić information content (AvgIpc) is 3.40. The van der Waals surface area contributed by atoms with E-state index in [0.29, 0.717) is 23.9 Å². The number of phosphoric ester groups is 1. The van der Waals surface area contributed by atoms with E-state index >= 15 is 0 Å². The lowest BCUT2D eigenvalue weighted by molar-refractivity contribution is -0.870. The van der Waals surface area contributed by atoms with Crippen molar-refractivity contribution in [1.82, 2.24) is 0 Å². The molecule has 0 heterocycles. The highest BCUT2D eigenvalue weighted by Crippen LogP contribution is 2.43. The van der Waals surface area contributed by atoms with Gasteiger partial charge in [0.05, 0.1) is 27.7 Å². The van der Waals surface area contributed by atoms with Crippen molar-refractivity contribution in [3.05, 3.63) is 72.9 Å². The number of rotatable bonds is 60. The van der Waals surface area contributed by atoms with Crippen LogP contribution in [-0.4, -0.2) is 74.9 Å². The van der Waals surface area contributed by atoms with E-state index in [0.717, 1.165) is 77.0 Å². The molecule has 0 spiro atoms. The number of hydrogen-bond donors (Lipinski definition) is 1. The van der Waals surface area contributed by atoms with Gasteiger partial charge in [-0.05, 0) is 64.2 Å². The summed E-state index contributed by atoms with van der Waals surface area (Å²) in [5.41, 5.74) is 0. The van der Waals surface area contributed by atoms with E-state index in [1.54, 1.807) is 0 Å². The molecule has 0 aromatic heterocycles. The minimum Gasteiger partial charge on any atom is -0.462 e. The molecule has 9 nitrogen and oxygen atoms in total. The Bertz CT molecular complexity index is 1550. The van der Waals surface area contributed by atoms with Gasteiger partial charge in [-0.2, -0.15) is 0 Å². The lowest BCUT2D eigenvalue weighted by Crippen LogP contribution is -2.37. The van der Waals surface area contributed by atoms with Crippen molar-refractivity contribution >= 4 is 19.8 Å². The molecule has 2 atom stereocenters. The molecule has 0 aromatic carbocycles. The predicted octanol–water partition coefficient (Wildman–Crippen LogP) is 20.8. The van der Waals surface area contributed by atoms with Crippen LogP contribution >= 0.6 is 7.82 Å². The number of allylic oxidation sites excluding steroid dienone is 12. The maximum Gasteiger partial charge on any atom is 0.472 e. The fraction of sp³-hybridized carbons (Fsp3) is 0.794. The van der Waals surface area contributed by atoms with E-state index < -0.39 is 26.5 Å². The van der Waals surface area contributed by atoms with Crippen molar-refractivity contribution in [1.29, 1.82) is 0 Å². The average molecular weight is 1120 g/mol. The highest BCUT2D eigenvalue weighted by Gasteiger charge is 2.27. The third-order valence-electron chi connectivity index (χ3n) is 14.3. The fourth-order valence-electron chi connectivity index (χ4n) is 9.26. The Kier molecular flexibility index (Phi) is 57.2. The maximum atomic E-state index is 12.9. The maximum absolute atomic E-state index is 12.9. The van der Waals surface area contributed by atoms with Gasteiger partial charge in [0.25, 0.3) is 0 Å². The number of unbranched alkanes of at least 4 members (excludes halogenated alkanes) is 34. The molecule has 0 rings (SSSR count). The van der Waals surface area contributed by atoms with Gasteiger partial charge in [-0.3, -0.25) is 18.6 Å². The third-order valence-corrected chi connectivity index (χ3v) is 15.2. The number of likely N-dealkylation sites (N-methyl/N-ethyl adjacent to an activating group) is 1. The summed E-state index contributed by atoms with van der Waals surface area (Å²) < 4.78 is 34.7. The summed E-state index contributed by atoms with van der Waals surface area (Å²) in [5, 5.41) is 0. The van der Waals surface area contributed by atoms with Gasteiger partial charge >= 0.3 is 19.8 Å². The zero-order chi connectivity index (χ0) is 57.0. The minimum atomic E-state index is -4.39. The van der Waals surface area contributed by atoms with Crippen molar-refractivity contribution in [3.8, 4) is 0 Å². The second-order valence-corrected chi connectivity index (χ2v) is 24.6. The Morgan fingerprint density at radius 1 is 0.410 bits per heavy atom. The molecule has 454 valence electrons. The zero-order valence-electron chi connectivity index (χ0n) is 51.6. The van der Waals surface area contributed by atoms with Crippen LogP contribution in [0.3, 0.4) is 0 Å². The van der Waals surface area contributed by atoms with Crippen LogP contribution in [0.2, 0.25) is 0 Å². The van der Waals surface area contributed by atoms with Crippen molar-refractivity contribution in [3.63, 3.8) is 0 Å². The van der Waals surface area contributed by atoms with E-state index in [4.69, 9.17) is 18.5 Å². The molecular weight excluding hydrogens is 990 g/mol. The minimum absolute atomic E-state index is 0.0309. The van der Waals surface area contributed by atoms with Crippen LogP contribution in [0, 0.1) is 0 Å². The number of esters is 2. The van der Waals surface area contributed by atoms with Crippen LogP contribution in [0.4, 0.5) is 0 Å².